The summed E-state index contributed by atoms with van der Waals surface area (Å²) in [6.07, 6.45) is 4.04. The fraction of sp³-hybridized carbons (Fsp3) is 0.611. The zero-order chi connectivity index (χ0) is 15.2. The van der Waals surface area contributed by atoms with Crippen LogP contribution >= 0.6 is 0 Å². The molecule has 1 aliphatic rings. The van der Waals surface area contributed by atoms with E-state index in [9.17, 15) is 4.79 Å². The molecule has 21 heavy (non-hydrogen) atoms. The van der Waals surface area contributed by atoms with E-state index >= 15 is 0 Å². The van der Waals surface area contributed by atoms with Crippen molar-refractivity contribution < 1.29 is 4.79 Å². The first-order chi connectivity index (χ1) is 10.2. The highest BCUT2D eigenvalue weighted by Crippen LogP contribution is 2.19. The van der Waals surface area contributed by atoms with Crippen molar-refractivity contribution in [1.82, 2.24) is 10.2 Å². The second kappa shape index (κ2) is 7.60. The Labute approximate surface area is 128 Å². The lowest BCUT2D eigenvalue weighted by Crippen LogP contribution is -2.52. The molecule has 0 spiro atoms. The molecule has 1 N–H and O–H groups in total. The SMILES string of the molecule is CCCCN(C(=O)[C@H]1Cc2ccccc2CN1)C(C)CC. The largest absolute Gasteiger partial charge is 0.339 e. The van der Waals surface area contributed by atoms with E-state index in [0.717, 1.165) is 38.8 Å². The molecule has 1 amide bonds. The van der Waals surface area contributed by atoms with E-state index in [4.69, 9.17) is 0 Å². The Morgan fingerprint density at radius 1 is 1.33 bits per heavy atom. The number of nitrogens with zero attached hydrogens (tertiary/aromatic N) is 1. The molecule has 2 rings (SSSR count). The van der Waals surface area contributed by atoms with Crippen molar-refractivity contribution in [3.8, 4) is 0 Å². The molecule has 1 heterocycles. The van der Waals surface area contributed by atoms with E-state index in [1.54, 1.807) is 0 Å². The highest BCUT2D eigenvalue weighted by atomic mass is 16.2. The van der Waals surface area contributed by atoms with Gasteiger partial charge in [-0.1, -0.05) is 44.5 Å². The Hall–Kier alpha value is -1.35. The summed E-state index contributed by atoms with van der Waals surface area (Å²) in [5.74, 6) is 0.271. The van der Waals surface area contributed by atoms with Crippen LogP contribution < -0.4 is 5.32 Å². The summed E-state index contributed by atoms with van der Waals surface area (Å²) in [7, 11) is 0. The van der Waals surface area contributed by atoms with E-state index in [-0.39, 0.29) is 11.9 Å². The summed E-state index contributed by atoms with van der Waals surface area (Å²) in [6, 6.07) is 8.68. The Morgan fingerprint density at radius 2 is 2.05 bits per heavy atom. The predicted octanol–water partition coefficient (Wildman–Crippen LogP) is 3.13. The van der Waals surface area contributed by atoms with Crippen LogP contribution in [0.15, 0.2) is 24.3 Å². The first-order valence-electron chi connectivity index (χ1n) is 8.28. The molecule has 0 saturated heterocycles. The summed E-state index contributed by atoms with van der Waals surface area (Å²) in [6.45, 7) is 8.16. The second-order valence-corrected chi connectivity index (χ2v) is 6.05. The summed E-state index contributed by atoms with van der Waals surface area (Å²) in [5.41, 5.74) is 2.64. The van der Waals surface area contributed by atoms with Crippen molar-refractivity contribution >= 4 is 5.91 Å². The van der Waals surface area contributed by atoms with Crippen LogP contribution in [0.25, 0.3) is 0 Å². The van der Waals surface area contributed by atoms with Crippen LogP contribution in [0.1, 0.15) is 51.2 Å². The molecule has 0 bridgehead atoms. The van der Waals surface area contributed by atoms with Crippen LogP contribution in [0.5, 0.6) is 0 Å². The first kappa shape index (κ1) is 16.0. The standard InChI is InChI=1S/C18H28N2O/c1-4-6-11-20(14(3)5-2)18(21)17-12-15-9-7-8-10-16(15)13-19-17/h7-10,14,17,19H,4-6,11-13H2,1-3H3/t14?,17-/m1/s1. The Bertz CT molecular complexity index is 472. The van der Waals surface area contributed by atoms with Gasteiger partial charge in [0.25, 0.3) is 0 Å². The molecular formula is C18H28N2O. The number of rotatable bonds is 6. The predicted molar refractivity (Wildman–Crippen MR) is 87.1 cm³/mol. The van der Waals surface area contributed by atoms with E-state index in [0.29, 0.717) is 6.04 Å². The number of amides is 1. The van der Waals surface area contributed by atoms with Gasteiger partial charge in [-0.25, -0.2) is 0 Å². The molecular weight excluding hydrogens is 260 g/mol. The van der Waals surface area contributed by atoms with Gasteiger partial charge in [-0.05, 0) is 37.3 Å². The number of carbonyl (C=O) groups is 1. The normalized spacial score (nSPS) is 18.9. The zero-order valence-electron chi connectivity index (χ0n) is 13.6. The van der Waals surface area contributed by atoms with Gasteiger partial charge in [0.05, 0.1) is 6.04 Å². The van der Waals surface area contributed by atoms with Crippen LogP contribution in [0, 0.1) is 0 Å². The molecule has 0 fully saturated rings. The highest BCUT2D eigenvalue weighted by molar-refractivity contribution is 5.83. The molecule has 1 unspecified atom stereocenters. The van der Waals surface area contributed by atoms with Crippen molar-refractivity contribution in [3.05, 3.63) is 35.4 Å². The number of unbranched alkanes of at least 4 members (excludes halogenated alkanes) is 1. The average Bonchev–Trinajstić information content (AvgIpc) is 2.54. The van der Waals surface area contributed by atoms with Gasteiger partial charge in [0, 0.05) is 19.1 Å². The van der Waals surface area contributed by atoms with Gasteiger partial charge in [-0.15, -0.1) is 0 Å². The van der Waals surface area contributed by atoms with Crippen LogP contribution in [0.2, 0.25) is 0 Å². The number of benzene rings is 1. The Kier molecular flexibility index (Phi) is 5.80. The lowest BCUT2D eigenvalue weighted by Gasteiger charge is -2.34. The summed E-state index contributed by atoms with van der Waals surface area (Å²) >= 11 is 0. The van der Waals surface area contributed by atoms with Gasteiger partial charge in [0.1, 0.15) is 0 Å². The molecule has 1 aromatic carbocycles. The van der Waals surface area contributed by atoms with Crippen LogP contribution in [0.4, 0.5) is 0 Å². The van der Waals surface area contributed by atoms with Gasteiger partial charge in [-0.3, -0.25) is 4.79 Å². The lowest BCUT2D eigenvalue weighted by atomic mass is 9.94. The minimum Gasteiger partial charge on any atom is -0.339 e. The molecule has 2 atom stereocenters. The summed E-state index contributed by atoms with van der Waals surface area (Å²) in [5, 5.41) is 3.42. The van der Waals surface area contributed by atoms with Gasteiger partial charge >= 0.3 is 0 Å². The van der Waals surface area contributed by atoms with Crippen LogP contribution in [-0.4, -0.2) is 29.4 Å². The zero-order valence-corrected chi connectivity index (χ0v) is 13.6. The van der Waals surface area contributed by atoms with Crippen molar-refractivity contribution in [2.45, 2.75) is 65.1 Å². The van der Waals surface area contributed by atoms with Crippen molar-refractivity contribution in [2.24, 2.45) is 0 Å². The molecule has 3 nitrogen and oxygen atoms in total. The summed E-state index contributed by atoms with van der Waals surface area (Å²) in [4.78, 5) is 15.0. The smallest absolute Gasteiger partial charge is 0.240 e. The minimum atomic E-state index is -0.0641. The van der Waals surface area contributed by atoms with E-state index in [2.05, 4.69) is 55.3 Å². The van der Waals surface area contributed by atoms with Gasteiger partial charge in [-0.2, -0.15) is 0 Å². The lowest BCUT2D eigenvalue weighted by molar-refractivity contribution is -0.135. The quantitative estimate of drug-likeness (QED) is 0.872. The number of carbonyl (C=O) groups excluding carboxylic acids is 1. The van der Waals surface area contributed by atoms with Gasteiger partial charge in [0.15, 0.2) is 0 Å². The highest BCUT2D eigenvalue weighted by Gasteiger charge is 2.29. The third-order valence-electron chi connectivity index (χ3n) is 4.54. The third kappa shape index (κ3) is 3.85. The van der Waals surface area contributed by atoms with Crippen LogP contribution in [0.3, 0.4) is 0 Å². The molecule has 0 saturated carbocycles. The third-order valence-corrected chi connectivity index (χ3v) is 4.54. The van der Waals surface area contributed by atoms with Crippen molar-refractivity contribution in [3.63, 3.8) is 0 Å². The molecule has 0 aromatic heterocycles. The Balaban J connectivity index is 2.07. The average molecular weight is 288 g/mol. The second-order valence-electron chi connectivity index (χ2n) is 6.05. The maximum Gasteiger partial charge on any atom is 0.240 e. The van der Waals surface area contributed by atoms with Gasteiger partial charge in [0.2, 0.25) is 5.91 Å². The molecule has 1 aliphatic heterocycles. The van der Waals surface area contributed by atoms with E-state index < -0.39 is 0 Å². The molecule has 0 radical (unpaired) electrons. The number of hydrogen-bond donors (Lipinski definition) is 1. The molecule has 3 heteroatoms. The maximum absolute atomic E-state index is 12.9. The van der Waals surface area contributed by atoms with Crippen LogP contribution in [-0.2, 0) is 17.8 Å². The maximum atomic E-state index is 12.9. The number of hydrogen-bond acceptors (Lipinski definition) is 2. The topological polar surface area (TPSA) is 32.3 Å². The fourth-order valence-corrected chi connectivity index (χ4v) is 2.93. The van der Waals surface area contributed by atoms with Crippen molar-refractivity contribution in [1.29, 1.82) is 0 Å². The minimum absolute atomic E-state index is 0.0641. The summed E-state index contributed by atoms with van der Waals surface area (Å²) < 4.78 is 0. The first-order valence-corrected chi connectivity index (χ1v) is 8.28. The monoisotopic (exact) mass is 288 g/mol. The fourth-order valence-electron chi connectivity index (χ4n) is 2.93. The molecule has 116 valence electrons. The van der Waals surface area contributed by atoms with Crippen molar-refractivity contribution in [2.75, 3.05) is 6.54 Å². The Morgan fingerprint density at radius 3 is 2.71 bits per heavy atom. The van der Waals surface area contributed by atoms with Gasteiger partial charge < -0.3 is 10.2 Å². The number of nitrogens with one attached hydrogen (secondary N) is 1. The molecule has 0 aliphatic carbocycles. The molecule has 1 aromatic rings. The van der Waals surface area contributed by atoms with E-state index in [1.807, 2.05) is 0 Å². The van der Waals surface area contributed by atoms with E-state index in [1.165, 1.54) is 11.1 Å². The number of fused-ring (bicyclic) bond motifs is 1.